The summed E-state index contributed by atoms with van der Waals surface area (Å²) in [5, 5.41) is 11.8. The normalized spacial score (nSPS) is 8.64. The Hall–Kier alpha value is -0.710. The molecule has 72 valence electrons. The minimum absolute atomic E-state index is 0. The van der Waals surface area contributed by atoms with Crippen LogP contribution in [0.1, 0.15) is 6.99 Å². The summed E-state index contributed by atoms with van der Waals surface area (Å²) in [5.74, 6) is 0.502. The molecule has 14 heavy (non-hydrogen) atoms. The molecule has 0 aliphatic carbocycles. The van der Waals surface area contributed by atoms with Gasteiger partial charge in [0.25, 0.3) is 0 Å². The molecule has 0 aromatic heterocycles. The van der Waals surface area contributed by atoms with Crippen molar-refractivity contribution in [3.63, 3.8) is 0 Å². The minimum Gasteiger partial charge on any atom is -1.00 e. The third-order valence-electron chi connectivity index (χ3n) is 1.63. The summed E-state index contributed by atoms with van der Waals surface area (Å²) in [7, 11) is 1.48. The zero-order valence-corrected chi connectivity index (χ0v) is 10.3. The van der Waals surface area contributed by atoms with Crippen molar-refractivity contribution in [1.29, 1.82) is 0 Å². The molecule has 5 heteroatoms. The van der Waals surface area contributed by atoms with Crippen molar-refractivity contribution in [2.24, 2.45) is 0 Å². The van der Waals surface area contributed by atoms with Gasteiger partial charge in [-0.3, -0.25) is 4.79 Å². The predicted octanol–water partition coefficient (Wildman–Crippen LogP) is -2.24. The van der Waals surface area contributed by atoms with Gasteiger partial charge in [0.2, 0.25) is 6.41 Å². The van der Waals surface area contributed by atoms with E-state index < -0.39 is 0 Å². The van der Waals surface area contributed by atoms with Crippen LogP contribution in [-0.2, 0) is 11.3 Å². The topological polar surface area (TPSA) is 58.6 Å². The number of benzene rings is 1. The van der Waals surface area contributed by atoms with Crippen LogP contribution in [0.2, 0.25) is 0 Å². The smallest absolute Gasteiger partial charge is 1.00 e. The van der Waals surface area contributed by atoms with Crippen LogP contribution >= 0.6 is 0 Å². The van der Waals surface area contributed by atoms with E-state index in [-0.39, 0.29) is 36.7 Å². The first-order valence-electron chi connectivity index (χ1n) is 3.81. The molecule has 1 aromatic rings. The van der Waals surface area contributed by atoms with Crippen LogP contribution in [0.25, 0.3) is 0 Å². The monoisotopic (exact) mass is 205 g/mol. The zero-order chi connectivity index (χ0) is 9.68. The number of amides is 1. The first-order valence-corrected chi connectivity index (χ1v) is 3.81. The maximum Gasteiger partial charge on any atom is 1.00 e. The number of hydrogen-bond acceptors (Lipinski definition) is 3. The van der Waals surface area contributed by atoms with E-state index in [1.54, 1.807) is 12.1 Å². The van der Waals surface area contributed by atoms with Crippen LogP contribution in [0.15, 0.2) is 18.2 Å². The van der Waals surface area contributed by atoms with Gasteiger partial charge in [0.05, 0.1) is 7.11 Å². The molecule has 0 radical (unpaired) electrons. The Morgan fingerprint density at radius 2 is 2.36 bits per heavy atom. The molecule has 0 fully saturated rings. The number of carbonyl (C=O) groups is 1. The van der Waals surface area contributed by atoms with Crippen LogP contribution in [0.3, 0.4) is 0 Å². The van der Waals surface area contributed by atoms with E-state index in [2.05, 4.69) is 5.32 Å². The van der Waals surface area contributed by atoms with Crippen LogP contribution in [0.4, 0.5) is 0 Å². The van der Waals surface area contributed by atoms with Gasteiger partial charge in [-0.15, -0.1) is 0 Å². The Labute approximate surface area is 106 Å². The summed E-state index contributed by atoms with van der Waals surface area (Å²) in [6.45, 7) is 0.431. The first-order chi connectivity index (χ1) is 6.27. The number of carbonyl (C=O) groups excluding carboxylic acids is 1. The van der Waals surface area contributed by atoms with Gasteiger partial charge in [-0.1, -0.05) is 6.07 Å². The third-order valence-corrected chi connectivity index (χ3v) is 1.63. The average Bonchev–Trinajstić information content (AvgIpc) is 2.16. The summed E-state index contributed by atoms with van der Waals surface area (Å²) >= 11 is 0. The van der Waals surface area contributed by atoms with Crippen LogP contribution in [0, 0.1) is 0 Å². The largest absolute Gasteiger partial charge is 1.00 e. The first kappa shape index (κ1) is 13.3. The Morgan fingerprint density at radius 3 is 2.93 bits per heavy atom. The van der Waals surface area contributed by atoms with Crippen molar-refractivity contribution in [1.82, 2.24) is 5.32 Å². The Kier molecular flexibility index (Phi) is 6.36. The molecule has 0 saturated heterocycles. The van der Waals surface area contributed by atoms with E-state index >= 15 is 0 Å². The second-order valence-corrected chi connectivity index (χ2v) is 2.50. The molecule has 0 aliphatic rings. The number of ether oxygens (including phenoxy) is 1. The van der Waals surface area contributed by atoms with E-state index in [9.17, 15) is 9.90 Å². The van der Waals surface area contributed by atoms with Gasteiger partial charge in [-0.25, -0.2) is 0 Å². The van der Waals surface area contributed by atoms with Gasteiger partial charge in [0, 0.05) is 6.54 Å². The van der Waals surface area contributed by atoms with Crippen LogP contribution in [-0.4, -0.2) is 18.6 Å². The Balaban J connectivity index is 0. The van der Waals surface area contributed by atoms with Crippen molar-refractivity contribution < 1.29 is 45.6 Å². The van der Waals surface area contributed by atoms with E-state index in [1.807, 2.05) is 0 Å². The molecule has 1 aromatic carbocycles. The molecule has 0 heterocycles. The maximum absolute atomic E-state index is 10.0. The van der Waals surface area contributed by atoms with Gasteiger partial charge in [0.15, 0.2) is 11.5 Å². The van der Waals surface area contributed by atoms with Gasteiger partial charge in [-0.2, -0.15) is 0 Å². The molecule has 2 N–H and O–H groups in total. The SMILES string of the molecule is COc1cc(CNC=O)ccc1O.[H-].[Na+]. The minimum atomic E-state index is 0. The number of phenolic OH excluding ortho intramolecular Hbond substituents is 1. The van der Waals surface area contributed by atoms with Crippen LogP contribution < -0.4 is 39.6 Å². The quantitative estimate of drug-likeness (QED) is 0.432. The van der Waals surface area contributed by atoms with E-state index in [0.717, 1.165) is 5.56 Å². The number of nitrogens with one attached hydrogen (secondary N) is 1. The fourth-order valence-corrected chi connectivity index (χ4v) is 0.992. The summed E-state index contributed by atoms with van der Waals surface area (Å²) in [4.78, 5) is 10.0. The van der Waals surface area contributed by atoms with E-state index in [0.29, 0.717) is 18.7 Å². The van der Waals surface area contributed by atoms with Gasteiger partial charge < -0.3 is 16.6 Å². The van der Waals surface area contributed by atoms with Crippen molar-refractivity contribution in [2.75, 3.05) is 7.11 Å². The zero-order valence-electron chi connectivity index (χ0n) is 9.28. The van der Waals surface area contributed by atoms with E-state index in [1.165, 1.54) is 13.2 Å². The number of rotatable bonds is 4. The van der Waals surface area contributed by atoms with Crippen molar-refractivity contribution in [3.8, 4) is 11.5 Å². The van der Waals surface area contributed by atoms with Gasteiger partial charge in [0.1, 0.15) is 0 Å². The fourth-order valence-electron chi connectivity index (χ4n) is 0.992. The fraction of sp³-hybridized carbons (Fsp3) is 0.222. The standard InChI is InChI=1S/C9H11NO3.Na.H/c1-13-9-4-7(5-10-6-11)2-3-8(9)12;;/h2-4,6,12H,5H2,1H3,(H,10,11);;/q;+1;-1. The molecular weight excluding hydrogens is 193 g/mol. The van der Waals surface area contributed by atoms with Crippen molar-refractivity contribution in [2.45, 2.75) is 6.54 Å². The van der Waals surface area contributed by atoms with Crippen molar-refractivity contribution in [3.05, 3.63) is 23.8 Å². The average molecular weight is 205 g/mol. The predicted molar refractivity (Wildman–Crippen MR) is 48.7 cm³/mol. The number of aromatic hydroxyl groups is 1. The third kappa shape index (κ3) is 3.57. The molecule has 0 aliphatic heterocycles. The van der Waals surface area contributed by atoms with Gasteiger partial charge in [-0.05, 0) is 17.7 Å². The molecule has 1 amide bonds. The number of phenols is 1. The summed E-state index contributed by atoms with van der Waals surface area (Å²) < 4.78 is 4.90. The maximum atomic E-state index is 10.0. The molecular formula is C9H12NNaO3. The Bertz CT molecular complexity index is 309. The molecule has 0 atom stereocenters. The second kappa shape index (κ2) is 6.70. The number of methoxy groups -OCH3 is 1. The summed E-state index contributed by atoms with van der Waals surface area (Å²) in [6.07, 6.45) is 0.624. The molecule has 1 rings (SSSR count). The molecule has 0 saturated carbocycles. The molecule has 4 nitrogen and oxygen atoms in total. The van der Waals surface area contributed by atoms with Crippen molar-refractivity contribution >= 4 is 6.41 Å². The van der Waals surface area contributed by atoms with Gasteiger partial charge >= 0.3 is 29.6 Å². The molecule has 0 bridgehead atoms. The second-order valence-electron chi connectivity index (χ2n) is 2.50. The Morgan fingerprint density at radius 1 is 1.64 bits per heavy atom. The molecule has 0 unspecified atom stereocenters. The number of hydrogen-bond donors (Lipinski definition) is 2. The van der Waals surface area contributed by atoms with Crippen LogP contribution in [0.5, 0.6) is 11.5 Å². The van der Waals surface area contributed by atoms with E-state index in [4.69, 9.17) is 4.74 Å². The molecule has 0 spiro atoms. The summed E-state index contributed by atoms with van der Waals surface area (Å²) in [6, 6.07) is 4.92. The summed E-state index contributed by atoms with van der Waals surface area (Å²) in [5.41, 5.74) is 0.877.